The molecular weight excluding hydrogens is 320 g/mol. The summed E-state index contributed by atoms with van der Waals surface area (Å²) < 4.78 is 11.1. The molecule has 25 heavy (non-hydrogen) atoms. The molecule has 3 N–H and O–H groups in total. The summed E-state index contributed by atoms with van der Waals surface area (Å²) in [6, 6.07) is 0. The van der Waals surface area contributed by atoms with Gasteiger partial charge in [-0.05, 0) is 32.1 Å². The number of hydrogen-bond donors (Lipinski definition) is 3. The van der Waals surface area contributed by atoms with Crippen LogP contribution in [-0.4, -0.2) is 64.5 Å². The molecule has 0 radical (unpaired) electrons. The molecule has 0 bridgehead atoms. The van der Waals surface area contributed by atoms with Crippen LogP contribution in [0.15, 0.2) is 4.99 Å². The van der Waals surface area contributed by atoms with E-state index in [0.29, 0.717) is 19.0 Å². The summed E-state index contributed by atoms with van der Waals surface area (Å²) in [5, 5.41) is 9.32. The van der Waals surface area contributed by atoms with Gasteiger partial charge in [0.05, 0.1) is 0 Å². The average molecular weight is 357 g/mol. The van der Waals surface area contributed by atoms with E-state index < -0.39 is 0 Å². The van der Waals surface area contributed by atoms with Crippen LogP contribution < -0.4 is 16.0 Å². The topological polar surface area (TPSA) is 84.0 Å². The van der Waals surface area contributed by atoms with Crippen LogP contribution in [0.1, 0.15) is 40.0 Å². The molecule has 0 spiro atoms. The van der Waals surface area contributed by atoms with Crippen molar-refractivity contribution in [1.29, 1.82) is 0 Å². The summed E-state index contributed by atoms with van der Waals surface area (Å²) in [5.74, 6) is 1.52. The van der Waals surface area contributed by atoms with Gasteiger partial charge in [0.15, 0.2) is 5.96 Å². The van der Waals surface area contributed by atoms with Gasteiger partial charge in [0, 0.05) is 58.5 Å². The highest BCUT2D eigenvalue weighted by molar-refractivity contribution is 5.80. The van der Waals surface area contributed by atoms with Gasteiger partial charge < -0.3 is 25.4 Å². The van der Waals surface area contributed by atoms with Crippen molar-refractivity contribution in [3.63, 3.8) is 0 Å². The number of aliphatic imine (C=N–C) groups is 1. The fraction of sp³-hybridized carbons (Fsp3) is 0.889. The molecule has 0 aliphatic carbocycles. The molecule has 0 aromatic rings. The highest BCUT2D eigenvalue weighted by Crippen LogP contribution is 2.14. The van der Waals surface area contributed by atoms with E-state index in [1.807, 2.05) is 20.8 Å². The van der Waals surface area contributed by atoms with Crippen LogP contribution in [0.3, 0.4) is 0 Å². The van der Waals surface area contributed by atoms with Gasteiger partial charge in [-0.25, -0.2) is 0 Å². The van der Waals surface area contributed by atoms with E-state index in [2.05, 4.69) is 20.9 Å². The molecule has 1 heterocycles. The van der Waals surface area contributed by atoms with Crippen LogP contribution in [0.4, 0.5) is 0 Å². The molecule has 0 atom stereocenters. The van der Waals surface area contributed by atoms with Gasteiger partial charge in [0.25, 0.3) is 0 Å². The van der Waals surface area contributed by atoms with E-state index in [1.165, 1.54) is 0 Å². The Labute approximate surface area is 152 Å². The Balaban J connectivity index is 2.09. The number of amides is 1. The fourth-order valence-corrected chi connectivity index (χ4v) is 2.43. The number of ether oxygens (including phenoxy) is 2. The lowest BCUT2D eigenvalue weighted by Gasteiger charge is -2.21. The summed E-state index contributed by atoms with van der Waals surface area (Å²) >= 11 is 0. The normalized spacial score (nSPS) is 16.1. The molecule has 1 rings (SSSR count). The third-order valence-electron chi connectivity index (χ3n) is 4.00. The van der Waals surface area contributed by atoms with Crippen molar-refractivity contribution in [2.24, 2.45) is 16.8 Å². The van der Waals surface area contributed by atoms with Crippen molar-refractivity contribution in [3.05, 3.63) is 0 Å². The highest BCUT2D eigenvalue weighted by Gasteiger charge is 2.13. The van der Waals surface area contributed by atoms with E-state index in [0.717, 1.165) is 64.7 Å². The summed E-state index contributed by atoms with van der Waals surface area (Å²) in [4.78, 5) is 16.0. The Hall–Kier alpha value is -1.34. The monoisotopic (exact) mass is 356 g/mol. The Kier molecular flexibility index (Phi) is 12.1. The first-order valence-corrected chi connectivity index (χ1v) is 9.58. The van der Waals surface area contributed by atoms with Gasteiger partial charge in [0.1, 0.15) is 0 Å². The average Bonchev–Trinajstić information content (AvgIpc) is 2.62. The lowest BCUT2D eigenvalue weighted by molar-refractivity contribution is -0.123. The third kappa shape index (κ3) is 11.0. The van der Waals surface area contributed by atoms with E-state index in [-0.39, 0.29) is 11.8 Å². The Morgan fingerprint density at radius 2 is 1.92 bits per heavy atom. The standard InChI is InChI=1S/C18H36N4O3/c1-4-19-18(22-10-9-20-17(23)15(2)3)21-8-5-11-25-14-16-6-12-24-13-7-16/h15-16H,4-14H2,1-3H3,(H,20,23)(H2,19,21,22). The van der Waals surface area contributed by atoms with Gasteiger partial charge in [-0.15, -0.1) is 0 Å². The second-order valence-corrected chi connectivity index (χ2v) is 6.62. The molecule has 1 aliphatic heterocycles. The van der Waals surface area contributed by atoms with Crippen LogP contribution in [0.25, 0.3) is 0 Å². The lowest BCUT2D eigenvalue weighted by Crippen LogP contribution is -2.42. The molecule has 0 saturated carbocycles. The Morgan fingerprint density at radius 3 is 2.60 bits per heavy atom. The van der Waals surface area contributed by atoms with Crippen molar-refractivity contribution in [1.82, 2.24) is 16.0 Å². The molecule has 7 nitrogen and oxygen atoms in total. The van der Waals surface area contributed by atoms with Crippen LogP contribution >= 0.6 is 0 Å². The van der Waals surface area contributed by atoms with Gasteiger partial charge in [0.2, 0.25) is 5.91 Å². The Bertz CT molecular complexity index is 383. The first-order valence-electron chi connectivity index (χ1n) is 9.58. The third-order valence-corrected chi connectivity index (χ3v) is 4.00. The molecule has 0 aromatic carbocycles. The van der Waals surface area contributed by atoms with Crippen LogP contribution in [0, 0.1) is 11.8 Å². The first-order chi connectivity index (χ1) is 12.1. The molecule has 1 saturated heterocycles. The van der Waals surface area contributed by atoms with E-state index in [9.17, 15) is 4.79 Å². The smallest absolute Gasteiger partial charge is 0.222 e. The van der Waals surface area contributed by atoms with Crippen molar-refractivity contribution < 1.29 is 14.3 Å². The molecular formula is C18H36N4O3. The van der Waals surface area contributed by atoms with Gasteiger partial charge in [-0.3, -0.25) is 9.79 Å². The number of hydrogen-bond acceptors (Lipinski definition) is 4. The van der Waals surface area contributed by atoms with Gasteiger partial charge >= 0.3 is 0 Å². The number of carbonyl (C=O) groups is 1. The lowest BCUT2D eigenvalue weighted by atomic mass is 10.0. The predicted octanol–water partition coefficient (Wildman–Crippen LogP) is 1.15. The molecule has 1 fully saturated rings. The van der Waals surface area contributed by atoms with Gasteiger partial charge in [-0.2, -0.15) is 0 Å². The second-order valence-electron chi connectivity index (χ2n) is 6.62. The molecule has 7 heteroatoms. The molecule has 146 valence electrons. The summed E-state index contributed by atoms with van der Waals surface area (Å²) in [5.41, 5.74) is 0. The zero-order valence-electron chi connectivity index (χ0n) is 16.1. The minimum atomic E-state index is 0.0167. The van der Waals surface area contributed by atoms with Crippen molar-refractivity contribution in [2.45, 2.75) is 40.0 Å². The van der Waals surface area contributed by atoms with E-state index in [1.54, 1.807) is 0 Å². The largest absolute Gasteiger partial charge is 0.381 e. The molecule has 1 aliphatic rings. The maximum Gasteiger partial charge on any atom is 0.222 e. The van der Waals surface area contributed by atoms with Gasteiger partial charge in [-0.1, -0.05) is 13.8 Å². The van der Waals surface area contributed by atoms with Crippen molar-refractivity contribution in [2.75, 3.05) is 52.6 Å². The number of rotatable bonds is 11. The number of nitrogens with one attached hydrogen (secondary N) is 3. The summed E-state index contributed by atoms with van der Waals surface area (Å²) in [6.07, 6.45) is 3.13. The second kappa shape index (κ2) is 13.9. The maximum atomic E-state index is 11.5. The predicted molar refractivity (Wildman–Crippen MR) is 101 cm³/mol. The highest BCUT2D eigenvalue weighted by atomic mass is 16.5. The zero-order chi connectivity index (χ0) is 18.3. The van der Waals surface area contributed by atoms with E-state index in [4.69, 9.17) is 9.47 Å². The first kappa shape index (κ1) is 21.7. The van der Waals surface area contributed by atoms with Crippen LogP contribution in [-0.2, 0) is 14.3 Å². The number of nitrogens with zero attached hydrogens (tertiary/aromatic N) is 1. The SMILES string of the molecule is CCNC(=NCCCOCC1CCOCC1)NCCNC(=O)C(C)C. The van der Waals surface area contributed by atoms with Crippen LogP contribution in [0.2, 0.25) is 0 Å². The van der Waals surface area contributed by atoms with Crippen molar-refractivity contribution >= 4 is 11.9 Å². The minimum absolute atomic E-state index is 0.0167. The van der Waals surface area contributed by atoms with Crippen LogP contribution in [0.5, 0.6) is 0 Å². The number of carbonyl (C=O) groups excluding carboxylic acids is 1. The van der Waals surface area contributed by atoms with Crippen molar-refractivity contribution in [3.8, 4) is 0 Å². The molecule has 1 amide bonds. The fourth-order valence-electron chi connectivity index (χ4n) is 2.43. The number of guanidine groups is 1. The Morgan fingerprint density at radius 1 is 1.20 bits per heavy atom. The molecule has 0 aromatic heterocycles. The quantitative estimate of drug-likeness (QED) is 0.294. The minimum Gasteiger partial charge on any atom is -0.381 e. The molecule has 0 unspecified atom stereocenters. The maximum absolute atomic E-state index is 11.5. The van der Waals surface area contributed by atoms with E-state index >= 15 is 0 Å². The summed E-state index contributed by atoms with van der Waals surface area (Å²) in [7, 11) is 0. The summed E-state index contributed by atoms with van der Waals surface area (Å²) in [6.45, 7) is 11.9. The zero-order valence-corrected chi connectivity index (χ0v) is 16.1.